The Balaban J connectivity index is 1.43. The molecule has 2 saturated carbocycles. The quantitative estimate of drug-likeness (QED) is 0.591. The van der Waals surface area contributed by atoms with E-state index < -0.39 is 11.6 Å². The standard InChI is InChI=1S/C21H30F2/c1-15-2-4-16(5-3-15)10-17-6-8-18(9-7-17)11-19-12-20(22)14-21(23)13-19/h12-18H,2-11H2,1H3. The highest BCUT2D eigenvalue weighted by Crippen LogP contribution is 2.39. The van der Waals surface area contributed by atoms with Gasteiger partial charge in [0, 0.05) is 6.07 Å². The van der Waals surface area contributed by atoms with Crippen LogP contribution in [-0.4, -0.2) is 0 Å². The molecule has 23 heavy (non-hydrogen) atoms. The summed E-state index contributed by atoms with van der Waals surface area (Å²) < 4.78 is 26.6. The Morgan fingerprint density at radius 3 is 1.78 bits per heavy atom. The molecule has 2 aliphatic rings. The first kappa shape index (κ1) is 16.9. The van der Waals surface area contributed by atoms with E-state index in [1.807, 2.05) is 0 Å². The van der Waals surface area contributed by atoms with Gasteiger partial charge in [0.15, 0.2) is 0 Å². The predicted molar refractivity (Wildman–Crippen MR) is 91.2 cm³/mol. The summed E-state index contributed by atoms with van der Waals surface area (Å²) in [6.45, 7) is 2.39. The van der Waals surface area contributed by atoms with Crippen LogP contribution in [0.15, 0.2) is 18.2 Å². The van der Waals surface area contributed by atoms with E-state index in [0.717, 1.165) is 35.8 Å². The van der Waals surface area contributed by atoms with Gasteiger partial charge in [-0.2, -0.15) is 0 Å². The molecular formula is C21H30F2. The lowest BCUT2D eigenvalue weighted by Crippen LogP contribution is -2.21. The largest absolute Gasteiger partial charge is 0.207 e. The fraction of sp³-hybridized carbons (Fsp3) is 0.714. The molecule has 0 N–H and O–H groups in total. The maximum Gasteiger partial charge on any atom is 0.126 e. The summed E-state index contributed by atoms with van der Waals surface area (Å²) >= 11 is 0. The SMILES string of the molecule is CC1CCC(CC2CCC(Cc3cc(F)cc(F)c3)CC2)CC1. The smallest absolute Gasteiger partial charge is 0.126 e. The van der Waals surface area contributed by atoms with Crippen LogP contribution < -0.4 is 0 Å². The van der Waals surface area contributed by atoms with Crippen molar-refractivity contribution in [3.05, 3.63) is 35.4 Å². The van der Waals surface area contributed by atoms with Crippen molar-refractivity contribution in [2.75, 3.05) is 0 Å². The average Bonchev–Trinajstić information content (AvgIpc) is 2.50. The van der Waals surface area contributed by atoms with Gasteiger partial charge in [0.05, 0.1) is 0 Å². The molecular weight excluding hydrogens is 290 g/mol. The zero-order valence-electron chi connectivity index (χ0n) is 14.4. The third-order valence-electron chi connectivity index (χ3n) is 6.22. The van der Waals surface area contributed by atoms with Crippen LogP contribution in [-0.2, 0) is 6.42 Å². The zero-order chi connectivity index (χ0) is 16.2. The van der Waals surface area contributed by atoms with Crippen LogP contribution in [0.2, 0.25) is 0 Å². The Kier molecular flexibility index (Phi) is 5.71. The molecule has 1 aromatic carbocycles. The van der Waals surface area contributed by atoms with Gasteiger partial charge in [0.2, 0.25) is 0 Å². The van der Waals surface area contributed by atoms with E-state index in [0.29, 0.717) is 5.92 Å². The normalized spacial score (nSPS) is 32.0. The topological polar surface area (TPSA) is 0 Å². The maximum atomic E-state index is 13.3. The third-order valence-corrected chi connectivity index (χ3v) is 6.22. The lowest BCUT2D eigenvalue weighted by atomic mass is 9.72. The molecule has 128 valence electrons. The molecule has 2 heteroatoms. The summed E-state index contributed by atoms with van der Waals surface area (Å²) in [4.78, 5) is 0. The first-order chi connectivity index (χ1) is 11.1. The second kappa shape index (κ2) is 7.77. The van der Waals surface area contributed by atoms with E-state index in [1.54, 1.807) is 0 Å². The molecule has 3 rings (SSSR count). The van der Waals surface area contributed by atoms with Gasteiger partial charge in [-0.1, -0.05) is 45.4 Å². The maximum absolute atomic E-state index is 13.3. The summed E-state index contributed by atoms with van der Waals surface area (Å²) in [7, 11) is 0. The molecule has 2 aliphatic carbocycles. The molecule has 0 amide bonds. The molecule has 0 atom stereocenters. The zero-order valence-corrected chi connectivity index (χ0v) is 14.4. The van der Waals surface area contributed by atoms with Gasteiger partial charge in [-0.25, -0.2) is 8.78 Å². The van der Waals surface area contributed by atoms with Gasteiger partial charge in [0.1, 0.15) is 11.6 Å². The summed E-state index contributed by atoms with van der Waals surface area (Å²) in [6.07, 6.45) is 13.1. The summed E-state index contributed by atoms with van der Waals surface area (Å²) in [6, 6.07) is 3.96. The molecule has 0 radical (unpaired) electrons. The minimum absolute atomic E-state index is 0.444. The second-order valence-corrected chi connectivity index (χ2v) is 8.23. The van der Waals surface area contributed by atoms with Gasteiger partial charge < -0.3 is 0 Å². The monoisotopic (exact) mass is 320 g/mol. The van der Waals surface area contributed by atoms with Gasteiger partial charge in [-0.3, -0.25) is 0 Å². The fourth-order valence-electron chi connectivity index (χ4n) is 4.77. The van der Waals surface area contributed by atoms with E-state index >= 15 is 0 Å². The molecule has 0 heterocycles. The molecule has 0 unspecified atom stereocenters. The van der Waals surface area contributed by atoms with Gasteiger partial charge in [-0.05, 0) is 67.1 Å². The highest BCUT2D eigenvalue weighted by atomic mass is 19.1. The summed E-state index contributed by atoms with van der Waals surface area (Å²) in [5.41, 5.74) is 0.826. The van der Waals surface area contributed by atoms with Gasteiger partial charge >= 0.3 is 0 Å². The summed E-state index contributed by atoms with van der Waals surface area (Å²) in [5.74, 6) is 2.52. The van der Waals surface area contributed by atoms with Crippen molar-refractivity contribution in [3.8, 4) is 0 Å². The van der Waals surface area contributed by atoms with Crippen LogP contribution in [0.1, 0.15) is 70.3 Å². The molecule has 0 aromatic heterocycles. The number of hydrogen-bond donors (Lipinski definition) is 0. The van der Waals surface area contributed by atoms with E-state index in [9.17, 15) is 8.78 Å². The van der Waals surface area contributed by atoms with Crippen molar-refractivity contribution >= 4 is 0 Å². The molecule has 1 aromatic rings. The number of rotatable bonds is 4. The predicted octanol–water partition coefficient (Wildman–Crippen LogP) is 6.53. The number of halogens is 2. The van der Waals surface area contributed by atoms with Crippen molar-refractivity contribution in [1.82, 2.24) is 0 Å². The van der Waals surface area contributed by atoms with Crippen LogP contribution >= 0.6 is 0 Å². The molecule has 2 fully saturated rings. The lowest BCUT2D eigenvalue weighted by molar-refractivity contribution is 0.195. The molecule has 0 bridgehead atoms. The Bertz CT molecular complexity index is 474. The first-order valence-corrected chi connectivity index (χ1v) is 9.53. The fourth-order valence-corrected chi connectivity index (χ4v) is 4.77. The van der Waals surface area contributed by atoms with Crippen molar-refractivity contribution in [2.24, 2.45) is 23.7 Å². The third kappa shape index (κ3) is 5.02. The lowest BCUT2D eigenvalue weighted by Gasteiger charge is -2.33. The molecule has 0 aliphatic heterocycles. The van der Waals surface area contributed by atoms with Gasteiger partial charge in [-0.15, -0.1) is 0 Å². The highest BCUT2D eigenvalue weighted by molar-refractivity contribution is 5.18. The summed E-state index contributed by atoms with van der Waals surface area (Å²) in [5, 5.41) is 0. The Labute approximate surface area is 139 Å². The highest BCUT2D eigenvalue weighted by Gasteiger charge is 2.26. The van der Waals surface area contributed by atoms with E-state index in [-0.39, 0.29) is 0 Å². The van der Waals surface area contributed by atoms with E-state index in [1.165, 1.54) is 69.9 Å². The molecule has 0 spiro atoms. The Morgan fingerprint density at radius 2 is 1.22 bits per heavy atom. The molecule has 0 nitrogen and oxygen atoms in total. The minimum Gasteiger partial charge on any atom is -0.207 e. The molecule has 0 saturated heterocycles. The average molecular weight is 320 g/mol. The second-order valence-electron chi connectivity index (χ2n) is 8.23. The van der Waals surface area contributed by atoms with Crippen molar-refractivity contribution < 1.29 is 8.78 Å². The first-order valence-electron chi connectivity index (χ1n) is 9.53. The van der Waals surface area contributed by atoms with E-state index in [2.05, 4.69) is 6.92 Å². The van der Waals surface area contributed by atoms with Crippen molar-refractivity contribution in [2.45, 2.75) is 71.1 Å². The van der Waals surface area contributed by atoms with Crippen LogP contribution in [0.3, 0.4) is 0 Å². The van der Waals surface area contributed by atoms with Crippen LogP contribution in [0.4, 0.5) is 8.78 Å². The number of hydrogen-bond acceptors (Lipinski definition) is 0. The van der Waals surface area contributed by atoms with E-state index in [4.69, 9.17) is 0 Å². The van der Waals surface area contributed by atoms with Crippen molar-refractivity contribution in [1.29, 1.82) is 0 Å². The van der Waals surface area contributed by atoms with Gasteiger partial charge in [0.25, 0.3) is 0 Å². The Hall–Kier alpha value is -0.920. The van der Waals surface area contributed by atoms with Crippen LogP contribution in [0.25, 0.3) is 0 Å². The minimum atomic E-state index is -0.444. The van der Waals surface area contributed by atoms with Crippen LogP contribution in [0, 0.1) is 35.3 Å². The number of benzene rings is 1. The Morgan fingerprint density at radius 1 is 0.739 bits per heavy atom. The van der Waals surface area contributed by atoms with Crippen molar-refractivity contribution in [3.63, 3.8) is 0 Å². The van der Waals surface area contributed by atoms with Crippen LogP contribution in [0.5, 0.6) is 0 Å².